The van der Waals surface area contributed by atoms with Crippen LogP contribution in [0.2, 0.25) is 0 Å². The second-order valence-corrected chi connectivity index (χ2v) is 12.5. The molecule has 0 bridgehead atoms. The van der Waals surface area contributed by atoms with Crippen molar-refractivity contribution >= 4 is 7.32 Å². The van der Waals surface area contributed by atoms with Crippen molar-refractivity contribution in [2.45, 2.75) is 194 Å². The van der Waals surface area contributed by atoms with E-state index in [9.17, 15) is 0 Å². The van der Waals surface area contributed by atoms with Crippen LogP contribution in [-0.2, 0) is 20.5 Å². The molecule has 42 heavy (non-hydrogen) atoms. The third kappa shape index (κ3) is 21.7. The smallest absolute Gasteiger partial charge is 0.386 e. The number of nitrogens with zero attached hydrogens (tertiary/aromatic N) is 1. The molecule has 1 unspecified atom stereocenters. The molecule has 0 spiro atoms. The second-order valence-electron chi connectivity index (χ2n) is 12.5. The van der Waals surface area contributed by atoms with Gasteiger partial charge in [-0.3, -0.25) is 0 Å². The summed E-state index contributed by atoms with van der Waals surface area (Å²) in [5.74, 6) is 0. The third-order valence-electron chi connectivity index (χ3n) is 8.41. The predicted octanol–water partition coefficient (Wildman–Crippen LogP) is 11.5. The molecule has 5 heteroatoms. The van der Waals surface area contributed by atoms with Crippen molar-refractivity contribution < 1.29 is 18.5 Å². The van der Waals surface area contributed by atoms with E-state index in [1.807, 2.05) is 0 Å². The van der Waals surface area contributed by atoms with Gasteiger partial charge >= 0.3 is 7.32 Å². The molecule has 1 rings (SSSR count). The molecule has 0 fully saturated rings. The Hall–Kier alpha value is -0.905. The number of aryl methyl sites for hydroxylation is 1. The van der Waals surface area contributed by atoms with Gasteiger partial charge in [-0.25, -0.2) is 4.57 Å². The van der Waals surface area contributed by atoms with E-state index in [0.29, 0.717) is 13.2 Å². The summed E-state index contributed by atoms with van der Waals surface area (Å²) in [5.41, 5.74) is 1.28. The molecule has 0 aliphatic heterocycles. The number of aromatic nitrogens is 1. The van der Waals surface area contributed by atoms with Crippen LogP contribution in [0.1, 0.15) is 194 Å². The highest BCUT2D eigenvalue weighted by molar-refractivity contribution is 6.36. The third-order valence-corrected chi connectivity index (χ3v) is 8.41. The van der Waals surface area contributed by atoms with Gasteiger partial charge in [-0.15, -0.1) is 0 Å². The molecule has 0 radical (unpaired) electrons. The summed E-state index contributed by atoms with van der Waals surface area (Å²) in [5, 5.41) is 0. The maximum absolute atomic E-state index is 6.77. The van der Waals surface area contributed by atoms with Crippen LogP contribution in [0, 0.1) is 0 Å². The Morgan fingerprint density at radius 1 is 0.548 bits per heavy atom. The van der Waals surface area contributed by atoms with E-state index in [-0.39, 0.29) is 6.10 Å². The maximum Gasteiger partial charge on any atom is 0.640 e. The van der Waals surface area contributed by atoms with Crippen LogP contribution >= 0.6 is 0 Å². The van der Waals surface area contributed by atoms with E-state index in [1.54, 1.807) is 0 Å². The maximum atomic E-state index is 6.77. The first kappa shape index (κ1) is 39.1. The highest BCUT2D eigenvalue weighted by atomic mass is 16.7. The number of unbranched alkanes of at least 4 members (excludes halogenated alkanes) is 19. The lowest BCUT2D eigenvalue weighted by molar-refractivity contribution is -0.707. The molecule has 1 aromatic heterocycles. The predicted molar refractivity (Wildman–Crippen MR) is 182 cm³/mol. The van der Waals surface area contributed by atoms with E-state index in [4.69, 9.17) is 14.0 Å². The first-order valence-electron chi connectivity index (χ1n) is 18.6. The van der Waals surface area contributed by atoms with Gasteiger partial charge in [0.1, 0.15) is 12.6 Å². The summed E-state index contributed by atoms with van der Waals surface area (Å²) < 4.78 is 21.8. The average Bonchev–Trinajstić information content (AvgIpc) is 3.01. The molecule has 1 aromatic rings. The monoisotopic (exact) mass is 589 g/mol. The Labute approximate surface area is 263 Å². The fourth-order valence-corrected chi connectivity index (χ4v) is 5.65. The van der Waals surface area contributed by atoms with Gasteiger partial charge in [0.05, 0.1) is 0 Å². The molecule has 0 aliphatic rings. The quantitative estimate of drug-likeness (QED) is 0.0477. The van der Waals surface area contributed by atoms with Crippen LogP contribution in [0.3, 0.4) is 0 Å². The molecule has 1 heterocycles. The fourth-order valence-electron chi connectivity index (χ4n) is 5.65. The minimum Gasteiger partial charge on any atom is -0.386 e. The van der Waals surface area contributed by atoms with E-state index in [0.717, 1.165) is 25.8 Å². The van der Waals surface area contributed by atoms with Gasteiger partial charge in [-0.05, 0) is 25.7 Å². The number of hydrogen-bond acceptors (Lipinski definition) is 3. The number of pyridine rings is 1. The Morgan fingerprint density at radius 3 is 1.52 bits per heavy atom. The molecular weight excluding hydrogens is 517 g/mol. The summed E-state index contributed by atoms with van der Waals surface area (Å²) in [6.07, 6.45) is 32.6. The van der Waals surface area contributed by atoms with Crippen molar-refractivity contribution in [2.75, 3.05) is 13.2 Å². The Balaban J connectivity index is 2.84. The molecule has 1 atom stereocenters. The first-order valence-corrected chi connectivity index (χ1v) is 18.6. The summed E-state index contributed by atoms with van der Waals surface area (Å²) in [6, 6.07) is 6.61. The number of rotatable bonds is 32. The standard InChI is InChI=1S/C37H71BNO3/c1-5-9-13-17-21-26-32-39-33-27-25-30-36(39)37(31-24-20-16-12-8-4)42-38(40-34-28-22-18-14-10-6-2)41-35-29-23-19-15-11-7-3/h25,27,30,33,37H,5-24,26,28-29,31-32,34-35H2,1-4H3/q+1. The largest absolute Gasteiger partial charge is 0.640 e. The van der Waals surface area contributed by atoms with Gasteiger partial charge in [0.2, 0.25) is 5.69 Å². The fraction of sp³-hybridized carbons (Fsp3) is 0.865. The van der Waals surface area contributed by atoms with Crippen molar-refractivity contribution in [1.82, 2.24) is 0 Å². The lowest BCUT2D eigenvalue weighted by Crippen LogP contribution is -2.41. The van der Waals surface area contributed by atoms with Crippen molar-refractivity contribution in [3.8, 4) is 0 Å². The lowest BCUT2D eigenvalue weighted by atomic mass is 10.0. The molecule has 0 saturated heterocycles. The molecule has 4 nitrogen and oxygen atoms in total. The molecular formula is C37H71BNO3+. The van der Waals surface area contributed by atoms with Crippen LogP contribution in [0.25, 0.3) is 0 Å². The molecule has 0 N–H and O–H groups in total. The first-order chi connectivity index (χ1) is 20.8. The summed E-state index contributed by atoms with van der Waals surface area (Å²) in [7, 11) is -0.584. The van der Waals surface area contributed by atoms with Crippen LogP contribution in [0.4, 0.5) is 0 Å². The minimum absolute atomic E-state index is 0.00738. The van der Waals surface area contributed by atoms with Gasteiger partial charge in [-0.2, -0.15) is 0 Å². The Morgan fingerprint density at radius 2 is 1.00 bits per heavy atom. The van der Waals surface area contributed by atoms with Gasteiger partial charge < -0.3 is 14.0 Å². The summed E-state index contributed by atoms with van der Waals surface area (Å²) in [6.45, 7) is 11.6. The van der Waals surface area contributed by atoms with Crippen LogP contribution < -0.4 is 4.57 Å². The molecule has 0 aromatic carbocycles. The zero-order valence-electron chi connectivity index (χ0n) is 28.7. The zero-order chi connectivity index (χ0) is 30.4. The van der Waals surface area contributed by atoms with Crippen molar-refractivity contribution in [1.29, 1.82) is 0 Å². The normalized spacial score (nSPS) is 12.2. The summed E-state index contributed by atoms with van der Waals surface area (Å²) >= 11 is 0. The van der Waals surface area contributed by atoms with E-state index >= 15 is 0 Å². The molecule has 0 saturated carbocycles. The van der Waals surface area contributed by atoms with Gasteiger partial charge in [0.15, 0.2) is 6.20 Å². The number of hydrogen-bond donors (Lipinski definition) is 0. The van der Waals surface area contributed by atoms with Crippen molar-refractivity contribution in [3.63, 3.8) is 0 Å². The van der Waals surface area contributed by atoms with E-state index in [1.165, 1.54) is 141 Å². The van der Waals surface area contributed by atoms with Gasteiger partial charge in [-0.1, -0.05) is 156 Å². The molecule has 244 valence electrons. The van der Waals surface area contributed by atoms with E-state index in [2.05, 4.69) is 56.7 Å². The van der Waals surface area contributed by atoms with Crippen molar-refractivity contribution in [2.24, 2.45) is 0 Å². The van der Waals surface area contributed by atoms with Gasteiger partial charge in [0.25, 0.3) is 0 Å². The highest BCUT2D eigenvalue weighted by Gasteiger charge is 2.31. The topological polar surface area (TPSA) is 31.6 Å². The Kier molecular flexibility index (Phi) is 28.1. The van der Waals surface area contributed by atoms with Crippen LogP contribution in [-0.4, -0.2) is 20.5 Å². The van der Waals surface area contributed by atoms with Crippen molar-refractivity contribution in [3.05, 3.63) is 30.1 Å². The highest BCUT2D eigenvalue weighted by Crippen LogP contribution is 2.24. The Bertz CT molecular complexity index is 671. The summed E-state index contributed by atoms with van der Waals surface area (Å²) in [4.78, 5) is 0. The van der Waals surface area contributed by atoms with Crippen LogP contribution in [0.5, 0.6) is 0 Å². The lowest BCUT2D eigenvalue weighted by Gasteiger charge is -2.22. The second kappa shape index (κ2) is 30.1. The molecule has 0 amide bonds. The zero-order valence-corrected chi connectivity index (χ0v) is 28.7. The van der Waals surface area contributed by atoms with Gasteiger partial charge in [0, 0.05) is 31.8 Å². The average molecular weight is 589 g/mol. The minimum atomic E-state index is -0.584. The SMILES string of the molecule is CCCCCCCCOB(OCCCCCCCC)OC(CCCCCCC)c1cccc[n+]1CCCCCCCC. The van der Waals surface area contributed by atoms with E-state index < -0.39 is 7.32 Å². The molecule has 0 aliphatic carbocycles. The van der Waals surface area contributed by atoms with Crippen LogP contribution in [0.15, 0.2) is 24.4 Å².